The smallest absolute Gasteiger partial charge is 0.303 e. The Balaban J connectivity index is 1.37. The molecule has 3 aliphatic heterocycles. The van der Waals surface area contributed by atoms with Crippen molar-refractivity contribution in [3.05, 3.63) is 147 Å². The highest BCUT2D eigenvalue weighted by molar-refractivity contribution is 14.1. The van der Waals surface area contributed by atoms with Gasteiger partial charge in [-0.3, -0.25) is 28.9 Å². The largest absolute Gasteiger partial charge is 0.463 e. The van der Waals surface area contributed by atoms with Crippen LogP contribution in [0, 0.1) is 0 Å². The Morgan fingerprint density at radius 2 is 1.00 bits per heavy atom. The topological polar surface area (TPSA) is 172 Å². The van der Waals surface area contributed by atoms with Crippen LogP contribution in [0.5, 0.6) is 0 Å². The zero-order chi connectivity index (χ0) is 46.9. The van der Waals surface area contributed by atoms with Crippen LogP contribution in [0.3, 0.4) is 0 Å². The van der Waals surface area contributed by atoms with Gasteiger partial charge in [-0.25, -0.2) is 0 Å². The summed E-state index contributed by atoms with van der Waals surface area (Å²) < 4.78 is 57.3. The molecule has 0 bridgehead atoms. The maximum absolute atomic E-state index is 15.0. The van der Waals surface area contributed by atoms with Crippen LogP contribution in [0.25, 0.3) is 5.70 Å². The Morgan fingerprint density at radius 3 is 1.52 bits per heavy atom. The fourth-order valence-corrected chi connectivity index (χ4v) is 9.44. The van der Waals surface area contributed by atoms with E-state index in [1.54, 1.807) is 24.3 Å². The molecule has 0 radical (unpaired) electrons. The molecule has 15 nitrogen and oxygen atoms in total. The molecule has 0 N–H and O–H groups in total. The van der Waals surface area contributed by atoms with Crippen molar-refractivity contribution >= 4 is 58.1 Å². The highest BCUT2D eigenvalue weighted by Crippen LogP contribution is 2.46. The summed E-state index contributed by atoms with van der Waals surface area (Å²) in [6.45, 7) is 6.66. The van der Waals surface area contributed by atoms with E-state index >= 15 is 4.79 Å². The van der Waals surface area contributed by atoms with Crippen LogP contribution in [0.4, 0.5) is 0 Å². The second-order valence-electron chi connectivity index (χ2n) is 16.1. The molecular formula is C50H52INO14. The van der Waals surface area contributed by atoms with Gasteiger partial charge in [-0.05, 0) is 52.3 Å². The number of benzene rings is 4. The van der Waals surface area contributed by atoms with E-state index in [1.165, 1.54) is 11.8 Å². The lowest BCUT2D eigenvalue weighted by Crippen LogP contribution is -2.66. The van der Waals surface area contributed by atoms with Crippen molar-refractivity contribution in [2.45, 2.75) is 116 Å². The first-order chi connectivity index (χ1) is 31.8. The van der Waals surface area contributed by atoms with Crippen molar-refractivity contribution in [3.63, 3.8) is 0 Å². The number of carbonyl (C=O) groups excluding carboxylic acids is 5. The lowest BCUT2D eigenvalue weighted by Gasteiger charge is -2.48. The SMILES string of the molecule is CC(=O)OC[C@H]1O[C@@H](N2C(=O)c3ccccc3/C2=C(/I)[C@H]2O[C@H](C)[C@H](OCc3ccccc3)[C@H](OCc3ccccc3)[C@H]2OCc2ccccc2)[C@H](OC(C)=O)[C@@H](OC(C)=O)[C@H]1OC(C)=O. The van der Waals surface area contributed by atoms with Gasteiger partial charge >= 0.3 is 23.9 Å². The zero-order valence-electron chi connectivity index (χ0n) is 37.1. The molecule has 348 valence electrons. The average Bonchev–Trinajstić information content (AvgIpc) is 3.59. The molecule has 2 fully saturated rings. The standard InChI is InChI=1S/C50H52INO14/c1-29-42(59-25-34-17-9-6-10-18-34)45(60-26-35-19-11-7-12-20-35)46(61-27-36-21-13-8-14-22-36)44(62-29)40(51)41-37-23-15-16-24-38(37)49(57)52(41)50-48(65-33(5)56)47(64-32(4)55)43(63-31(3)54)39(66-50)28-58-30(2)53/h6-24,29,39,42-48,50H,25-28H2,1-5H3/b41-40-/t29-,39-,42+,43+,44-,45+,46+,47+,48-,50-/m1/s1. The molecule has 4 aromatic rings. The third-order valence-electron chi connectivity index (χ3n) is 11.2. The third-order valence-corrected chi connectivity index (χ3v) is 12.3. The van der Waals surface area contributed by atoms with Crippen LogP contribution in [-0.4, -0.2) is 102 Å². The number of nitrogens with zero attached hydrogens (tertiary/aromatic N) is 1. The first-order valence-electron chi connectivity index (χ1n) is 21.6. The maximum atomic E-state index is 15.0. The first kappa shape index (κ1) is 48.4. The summed E-state index contributed by atoms with van der Waals surface area (Å²) in [6, 6.07) is 36.1. The summed E-state index contributed by atoms with van der Waals surface area (Å²) in [5, 5.41) is 0. The van der Waals surface area contributed by atoms with Crippen molar-refractivity contribution in [2.24, 2.45) is 0 Å². The van der Waals surface area contributed by atoms with E-state index in [0.29, 0.717) is 14.8 Å². The van der Waals surface area contributed by atoms with E-state index in [1.807, 2.05) is 97.9 Å². The van der Waals surface area contributed by atoms with Gasteiger partial charge in [0.1, 0.15) is 37.1 Å². The van der Waals surface area contributed by atoms with Gasteiger partial charge in [0, 0.05) is 42.4 Å². The van der Waals surface area contributed by atoms with Crippen LogP contribution in [0.15, 0.2) is 119 Å². The molecule has 0 aliphatic carbocycles. The number of esters is 4. The number of fused-ring (bicyclic) bond motifs is 1. The van der Waals surface area contributed by atoms with E-state index in [0.717, 1.165) is 37.5 Å². The lowest BCUT2D eigenvalue weighted by atomic mass is 9.92. The second kappa shape index (κ2) is 22.3. The normalized spacial score (nSPS) is 26.8. The van der Waals surface area contributed by atoms with E-state index in [-0.39, 0.29) is 25.4 Å². The van der Waals surface area contributed by atoms with Gasteiger partial charge in [0.15, 0.2) is 24.5 Å². The first-order valence-corrected chi connectivity index (χ1v) is 22.6. The molecule has 66 heavy (non-hydrogen) atoms. The molecule has 3 heterocycles. The Labute approximate surface area is 396 Å². The molecule has 0 aromatic heterocycles. The molecule has 2 saturated heterocycles. The van der Waals surface area contributed by atoms with Gasteiger partial charge in [-0.1, -0.05) is 109 Å². The monoisotopic (exact) mass is 1020 g/mol. The molecule has 0 saturated carbocycles. The van der Waals surface area contributed by atoms with Crippen molar-refractivity contribution < 1.29 is 66.6 Å². The Bertz CT molecular complexity index is 2360. The van der Waals surface area contributed by atoms with Crippen LogP contribution >= 0.6 is 22.6 Å². The van der Waals surface area contributed by atoms with Crippen LogP contribution in [-0.2, 0) is 81.6 Å². The molecule has 7 rings (SSSR count). The van der Waals surface area contributed by atoms with Crippen LogP contribution in [0.2, 0.25) is 0 Å². The number of amides is 1. The van der Waals surface area contributed by atoms with Crippen molar-refractivity contribution in [2.75, 3.05) is 6.61 Å². The number of carbonyl (C=O) groups is 5. The number of hydrogen-bond acceptors (Lipinski definition) is 14. The van der Waals surface area contributed by atoms with Crippen LogP contribution in [0.1, 0.15) is 67.2 Å². The van der Waals surface area contributed by atoms with Crippen molar-refractivity contribution in [3.8, 4) is 0 Å². The zero-order valence-corrected chi connectivity index (χ0v) is 39.3. The average molecular weight is 1020 g/mol. The van der Waals surface area contributed by atoms with E-state index in [2.05, 4.69) is 22.6 Å². The van der Waals surface area contributed by atoms with Gasteiger partial charge in [0.05, 0.1) is 31.6 Å². The maximum Gasteiger partial charge on any atom is 0.303 e. The van der Waals surface area contributed by atoms with Gasteiger partial charge < -0.3 is 42.6 Å². The van der Waals surface area contributed by atoms with Crippen molar-refractivity contribution in [1.82, 2.24) is 4.90 Å². The lowest BCUT2D eigenvalue weighted by molar-refractivity contribution is -0.267. The predicted molar refractivity (Wildman–Crippen MR) is 245 cm³/mol. The number of rotatable bonds is 16. The summed E-state index contributed by atoms with van der Waals surface area (Å²) in [5.74, 6) is -3.64. The number of ether oxygens (including phenoxy) is 9. The van der Waals surface area contributed by atoms with E-state index in [9.17, 15) is 19.2 Å². The van der Waals surface area contributed by atoms with E-state index < -0.39 is 97.6 Å². The molecule has 16 heteroatoms. The third kappa shape index (κ3) is 11.5. The van der Waals surface area contributed by atoms with Crippen molar-refractivity contribution in [1.29, 1.82) is 0 Å². The quantitative estimate of drug-likeness (QED) is 0.0647. The van der Waals surface area contributed by atoms with Gasteiger partial charge in [-0.15, -0.1) is 0 Å². The molecule has 3 aliphatic rings. The summed E-state index contributed by atoms with van der Waals surface area (Å²) in [5.41, 5.74) is 3.85. The molecular weight excluding hydrogens is 965 g/mol. The summed E-state index contributed by atoms with van der Waals surface area (Å²) in [7, 11) is 0. The van der Waals surface area contributed by atoms with Gasteiger partial charge in [0.25, 0.3) is 5.91 Å². The minimum atomic E-state index is -1.57. The highest BCUT2D eigenvalue weighted by Gasteiger charge is 2.58. The highest BCUT2D eigenvalue weighted by atomic mass is 127. The fraction of sp³-hybridized carbons (Fsp3) is 0.380. The second-order valence-corrected chi connectivity index (χ2v) is 17.2. The molecule has 0 unspecified atom stereocenters. The minimum Gasteiger partial charge on any atom is -0.463 e. The van der Waals surface area contributed by atoms with Crippen LogP contribution < -0.4 is 0 Å². The molecule has 0 spiro atoms. The predicted octanol–water partition coefficient (Wildman–Crippen LogP) is 6.87. The van der Waals surface area contributed by atoms with Gasteiger partial charge in [0.2, 0.25) is 0 Å². The molecule has 10 atom stereocenters. The Hall–Kier alpha value is -5.50. The summed E-state index contributed by atoms with van der Waals surface area (Å²) in [6.07, 6.45) is -11.2. The summed E-state index contributed by atoms with van der Waals surface area (Å²) >= 11 is 2.15. The summed E-state index contributed by atoms with van der Waals surface area (Å²) in [4.78, 5) is 66.8. The molecule has 1 amide bonds. The fourth-order valence-electron chi connectivity index (χ4n) is 8.39. The van der Waals surface area contributed by atoms with Gasteiger partial charge in [-0.2, -0.15) is 0 Å². The number of hydrogen-bond donors (Lipinski definition) is 0. The Morgan fingerprint density at radius 1 is 0.545 bits per heavy atom. The van der Waals surface area contributed by atoms with E-state index in [4.69, 9.17) is 42.6 Å². The molecule has 4 aromatic carbocycles. The Kier molecular flexibility index (Phi) is 16.4. The number of halogens is 1. The minimum absolute atomic E-state index is 0.161.